The van der Waals surface area contributed by atoms with Crippen molar-refractivity contribution in [2.45, 2.75) is 31.8 Å². The zero-order valence-electron chi connectivity index (χ0n) is 16.2. The number of hydrogen-bond donors (Lipinski definition) is 2. The van der Waals surface area contributed by atoms with Crippen LogP contribution in [0, 0.1) is 13.8 Å². The molecule has 27 heavy (non-hydrogen) atoms. The Morgan fingerprint density at radius 2 is 2.04 bits per heavy atom. The van der Waals surface area contributed by atoms with Crippen molar-refractivity contribution in [1.82, 2.24) is 25.4 Å². The van der Waals surface area contributed by atoms with E-state index in [9.17, 15) is 8.42 Å². The number of benzene rings is 1. The van der Waals surface area contributed by atoms with Crippen LogP contribution in [0.1, 0.15) is 22.8 Å². The fraction of sp³-hybridized carbons (Fsp3) is 0.389. The fourth-order valence-electron chi connectivity index (χ4n) is 2.51. The lowest BCUT2D eigenvalue weighted by atomic mass is 10.1. The molecule has 0 aliphatic carbocycles. The number of aliphatic imine (C=N–C) groups is 1. The standard InChI is InChI=1S/C18H26N6O2S/c1-6-9-19-18(21-12-17-23-22-14(3)24(17)4)20-11-15-7-8-16(13(2)10-15)27(5,25)26/h6-8,10H,1,9,11-12H2,2-5H3,(H2,19,20,21). The first-order chi connectivity index (χ1) is 12.7. The van der Waals surface area contributed by atoms with Gasteiger partial charge in [-0.25, -0.2) is 13.4 Å². The van der Waals surface area contributed by atoms with E-state index in [4.69, 9.17) is 0 Å². The molecule has 2 N–H and O–H groups in total. The largest absolute Gasteiger partial charge is 0.353 e. The zero-order chi connectivity index (χ0) is 20.0. The number of sulfone groups is 1. The van der Waals surface area contributed by atoms with Gasteiger partial charge in [0.1, 0.15) is 5.82 Å². The third kappa shape index (κ3) is 5.65. The summed E-state index contributed by atoms with van der Waals surface area (Å²) in [4.78, 5) is 4.90. The molecule has 0 unspecified atom stereocenters. The molecule has 0 atom stereocenters. The van der Waals surface area contributed by atoms with Crippen molar-refractivity contribution in [2.75, 3.05) is 12.8 Å². The second-order valence-electron chi connectivity index (χ2n) is 6.28. The molecule has 9 heteroatoms. The van der Waals surface area contributed by atoms with E-state index in [-0.39, 0.29) is 0 Å². The Kier molecular flexibility index (Phi) is 6.73. The SMILES string of the molecule is C=CCNC(=NCc1ccc(S(C)(=O)=O)c(C)c1)NCc1nnc(C)n1C. The number of nitrogens with zero attached hydrogens (tertiary/aromatic N) is 4. The van der Waals surface area contributed by atoms with Crippen molar-refractivity contribution in [2.24, 2.45) is 12.0 Å². The lowest BCUT2D eigenvalue weighted by Crippen LogP contribution is -2.37. The molecule has 0 saturated heterocycles. The highest BCUT2D eigenvalue weighted by atomic mass is 32.2. The van der Waals surface area contributed by atoms with Crippen LogP contribution in [0.4, 0.5) is 0 Å². The van der Waals surface area contributed by atoms with Crippen LogP contribution < -0.4 is 10.6 Å². The minimum Gasteiger partial charge on any atom is -0.353 e. The third-order valence-corrected chi connectivity index (χ3v) is 5.33. The molecular formula is C18H26N6O2S. The summed E-state index contributed by atoms with van der Waals surface area (Å²) in [6, 6.07) is 5.25. The summed E-state index contributed by atoms with van der Waals surface area (Å²) in [7, 11) is -1.31. The summed E-state index contributed by atoms with van der Waals surface area (Å²) in [5.41, 5.74) is 1.64. The highest BCUT2D eigenvalue weighted by molar-refractivity contribution is 7.90. The topological polar surface area (TPSA) is 101 Å². The lowest BCUT2D eigenvalue weighted by molar-refractivity contribution is 0.601. The van der Waals surface area contributed by atoms with Crippen LogP contribution in [0.25, 0.3) is 0 Å². The van der Waals surface area contributed by atoms with Crippen molar-refractivity contribution in [3.05, 3.63) is 53.6 Å². The molecule has 0 aliphatic heterocycles. The normalized spacial score (nSPS) is 12.1. The van der Waals surface area contributed by atoms with E-state index in [0.29, 0.717) is 36.1 Å². The molecule has 1 heterocycles. The highest BCUT2D eigenvalue weighted by Crippen LogP contribution is 2.17. The van der Waals surface area contributed by atoms with Gasteiger partial charge in [-0.15, -0.1) is 16.8 Å². The monoisotopic (exact) mass is 390 g/mol. The molecule has 0 aliphatic rings. The van der Waals surface area contributed by atoms with Crippen molar-refractivity contribution < 1.29 is 8.42 Å². The van der Waals surface area contributed by atoms with Crippen LogP contribution in [0.2, 0.25) is 0 Å². The van der Waals surface area contributed by atoms with E-state index in [1.165, 1.54) is 6.26 Å². The number of aryl methyl sites for hydroxylation is 2. The second-order valence-corrected chi connectivity index (χ2v) is 8.27. The van der Waals surface area contributed by atoms with Crippen molar-refractivity contribution >= 4 is 15.8 Å². The first-order valence-electron chi connectivity index (χ1n) is 8.50. The number of hydrogen-bond acceptors (Lipinski definition) is 5. The molecule has 0 radical (unpaired) electrons. The van der Waals surface area contributed by atoms with Gasteiger partial charge in [-0.1, -0.05) is 18.2 Å². The number of rotatable bonds is 7. The quantitative estimate of drug-likeness (QED) is 0.419. The smallest absolute Gasteiger partial charge is 0.192 e. The third-order valence-electron chi connectivity index (χ3n) is 4.07. The Morgan fingerprint density at radius 1 is 1.30 bits per heavy atom. The summed E-state index contributed by atoms with van der Waals surface area (Å²) >= 11 is 0. The molecule has 0 amide bonds. The molecular weight excluding hydrogens is 364 g/mol. The fourth-order valence-corrected chi connectivity index (χ4v) is 3.47. The minimum absolute atomic E-state index is 0.344. The summed E-state index contributed by atoms with van der Waals surface area (Å²) in [5.74, 6) is 2.25. The van der Waals surface area contributed by atoms with E-state index in [2.05, 4.69) is 32.4 Å². The lowest BCUT2D eigenvalue weighted by Gasteiger charge is -2.12. The highest BCUT2D eigenvalue weighted by Gasteiger charge is 2.11. The molecule has 2 rings (SSSR count). The molecule has 0 fully saturated rings. The molecule has 8 nitrogen and oxygen atoms in total. The predicted octanol–water partition coefficient (Wildman–Crippen LogP) is 1.26. The average molecular weight is 391 g/mol. The summed E-state index contributed by atoms with van der Waals surface area (Å²) in [5, 5.41) is 14.5. The van der Waals surface area contributed by atoms with Crippen LogP contribution in [0.3, 0.4) is 0 Å². The molecule has 1 aromatic carbocycles. The van der Waals surface area contributed by atoms with Crippen LogP contribution in [0.5, 0.6) is 0 Å². The molecule has 1 aromatic heterocycles. The summed E-state index contributed by atoms with van der Waals surface area (Å²) < 4.78 is 25.4. The molecule has 146 valence electrons. The first kappa shape index (κ1) is 20.6. The van der Waals surface area contributed by atoms with Gasteiger partial charge in [0.2, 0.25) is 0 Å². The van der Waals surface area contributed by atoms with Gasteiger partial charge < -0.3 is 15.2 Å². The van der Waals surface area contributed by atoms with Crippen LogP contribution in [-0.4, -0.2) is 41.9 Å². The van der Waals surface area contributed by atoms with Crippen molar-refractivity contribution in [1.29, 1.82) is 0 Å². The Bertz CT molecular complexity index is 947. The summed E-state index contributed by atoms with van der Waals surface area (Å²) in [6.45, 7) is 8.84. The van der Waals surface area contributed by atoms with Crippen LogP contribution >= 0.6 is 0 Å². The van der Waals surface area contributed by atoms with E-state index in [0.717, 1.165) is 17.2 Å². The maximum absolute atomic E-state index is 11.7. The average Bonchev–Trinajstić information content (AvgIpc) is 2.92. The number of guanidine groups is 1. The Morgan fingerprint density at radius 3 is 2.59 bits per heavy atom. The molecule has 0 spiro atoms. The Labute approximate surface area is 160 Å². The predicted molar refractivity (Wildman–Crippen MR) is 106 cm³/mol. The minimum atomic E-state index is -3.22. The first-order valence-corrected chi connectivity index (χ1v) is 10.4. The van der Waals surface area contributed by atoms with Crippen LogP contribution in [-0.2, 0) is 30.0 Å². The molecule has 0 saturated carbocycles. The maximum atomic E-state index is 11.7. The van der Waals surface area contributed by atoms with Gasteiger partial charge >= 0.3 is 0 Å². The van der Waals surface area contributed by atoms with E-state index in [1.807, 2.05) is 24.6 Å². The zero-order valence-corrected chi connectivity index (χ0v) is 17.0. The van der Waals surface area contributed by atoms with Crippen LogP contribution in [0.15, 0.2) is 40.7 Å². The van der Waals surface area contributed by atoms with E-state index in [1.54, 1.807) is 25.1 Å². The maximum Gasteiger partial charge on any atom is 0.192 e. The van der Waals surface area contributed by atoms with Crippen molar-refractivity contribution in [3.8, 4) is 0 Å². The second kappa shape index (κ2) is 8.81. The Hall–Kier alpha value is -2.68. The summed E-state index contributed by atoms with van der Waals surface area (Å²) in [6.07, 6.45) is 2.96. The molecule has 0 bridgehead atoms. The number of nitrogens with one attached hydrogen (secondary N) is 2. The van der Waals surface area contributed by atoms with Gasteiger partial charge in [-0.2, -0.15) is 0 Å². The van der Waals surface area contributed by atoms with Gasteiger partial charge in [0.15, 0.2) is 21.6 Å². The molecule has 2 aromatic rings. The van der Waals surface area contributed by atoms with E-state index >= 15 is 0 Å². The van der Waals surface area contributed by atoms with Gasteiger partial charge in [0, 0.05) is 19.8 Å². The van der Waals surface area contributed by atoms with Gasteiger partial charge in [0.25, 0.3) is 0 Å². The van der Waals surface area contributed by atoms with Gasteiger partial charge in [0.05, 0.1) is 18.0 Å². The number of aromatic nitrogens is 3. The van der Waals surface area contributed by atoms with Gasteiger partial charge in [-0.3, -0.25) is 0 Å². The van der Waals surface area contributed by atoms with Crippen molar-refractivity contribution in [3.63, 3.8) is 0 Å². The van der Waals surface area contributed by atoms with E-state index < -0.39 is 9.84 Å². The Balaban J connectivity index is 2.11. The van der Waals surface area contributed by atoms with Gasteiger partial charge in [-0.05, 0) is 31.0 Å².